The smallest absolute Gasteiger partial charge is 0.325 e. The molecule has 0 aromatic heterocycles. The Morgan fingerprint density at radius 3 is 2.00 bits per heavy atom. The molecule has 2 fully saturated rings. The summed E-state index contributed by atoms with van der Waals surface area (Å²) >= 11 is 0. The van der Waals surface area contributed by atoms with E-state index in [1.807, 2.05) is 0 Å². The number of hydrogen-bond donors (Lipinski definition) is 1. The quantitative estimate of drug-likeness (QED) is 0.760. The van der Waals surface area contributed by atoms with Crippen molar-refractivity contribution in [3.8, 4) is 11.5 Å². The van der Waals surface area contributed by atoms with Crippen LogP contribution < -0.4 is 14.8 Å². The van der Waals surface area contributed by atoms with Gasteiger partial charge in [0.2, 0.25) is 0 Å². The van der Waals surface area contributed by atoms with Crippen molar-refractivity contribution in [1.29, 1.82) is 0 Å². The highest BCUT2D eigenvalue weighted by Gasteiger charge is 2.54. The monoisotopic (exact) mass is 396 g/mol. The highest BCUT2D eigenvalue weighted by Crippen LogP contribution is 2.38. The van der Waals surface area contributed by atoms with E-state index >= 15 is 0 Å². The summed E-state index contributed by atoms with van der Waals surface area (Å²) in [6.07, 6.45) is 1.66. The van der Waals surface area contributed by atoms with Gasteiger partial charge in [0, 0.05) is 6.61 Å². The second-order valence-electron chi connectivity index (χ2n) is 7.19. The number of imide groups is 1. The van der Waals surface area contributed by atoms with Crippen LogP contribution in [0.1, 0.15) is 24.0 Å². The number of amides is 3. The first-order valence-corrected chi connectivity index (χ1v) is 9.63. The van der Waals surface area contributed by atoms with Crippen LogP contribution in [0.3, 0.4) is 0 Å². The summed E-state index contributed by atoms with van der Waals surface area (Å²) in [5.41, 5.74) is 0.0159. The van der Waals surface area contributed by atoms with Crippen LogP contribution in [-0.4, -0.2) is 50.3 Å². The number of methoxy groups -OCH3 is 2. The van der Waals surface area contributed by atoms with E-state index in [1.165, 1.54) is 4.90 Å². The van der Waals surface area contributed by atoms with E-state index in [2.05, 4.69) is 5.32 Å². The Kier molecular flexibility index (Phi) is 5.15. The molecular weight excluding hydrogens is 372 g/mol. The van der Waals surface area contributed by atoms with Gasteiger partial charge >= 0.3 is 6.03 Å². The van der Waals surface area contributed by atoms with Crippen molar-refractivity contribution in [2.24, 2.45) is 0 Å². The zero-order chi connectivity index (χ0) is 20.4. The molecule has 2 aromatic carbocycles. The van der Waals surface area contributed by atoms with Crippen LogP contribution in [0, 0.1) is 0 Å². The number of benzene rings is 2. The maximum Gasteiger partial charge on any atom is 0.325 e. The van der Waals surface area contributed by atoms with Gasteiger partial charge < -0.3 is 19.5 Å². The second-order valence-corrected chi connectivity index (χ2v) is 7.19. The molecule has 2 aliphatic rings. The molecule has 152 valence electrons. The van der Waals surface area contributed by atoms with Gasteiger partial charge in [0.15, 0.2) is 5.54 Å². The first kappa shape index (κ1) is 19.3. The van der Waals surface area contributed by atoms with Crippen LogP contribution in [0.15, 0.2) is 48.5 Å². The fraction of sp³-hybridized carbons (Fsp3) is 0.364. The van der Waals surface area contributed by atoms with Crippen molar-refractivity contribution in [3.63, 3.8) is 0 Å². The lowest BCUT2D eigenvalue weighted by atomic mass is 9.82. The van der Waals surface area contributed by atoms with E-state index in [9.17, 15) is 9.59 Å². The molecule has 7 heteroatoms. The van der Waals surface area contributed by atoms with Crippen LogP contribution >= 0.6 is 0 Å². The lowest BCUT2D eigenvalue weighted by molar-refractivity contribution is -0.131. The average Bonchev–Trinajstić information content (AvgIpc) is 3.36. The Morgan fingerprint density at radius 2 is 1.55 bits per heavy atom. The molecule has 0 radical (unpaired) electrons. The standard InChI is InChI=1S/C22H24N2O5/c1-27-17-9-5-15(6-10-17)22(16-7-11-18(28-2)12-8-16)20(25)24(21(26)23-22)14-19-4-3-13-29-19/h5-12,19H,3-4,13-14H2,1-2H3,(H,23,26)/t19-/m1/s1. The van der Waals surface area contributed by atoms with Gasteiger partial charge in [-0.25, -0.2) is 4.79 Å². The van der Waals surface area contributed by atoms with Gasteiger partial charge in [-0.3, -0.25) is 9.69 Å². The Labute approximate surface area is 169 Å². The van der Waals surface area contributed by atoms with Gasteiger partial charge in [-0.15, -0.1) is 0 Å². The normalized spacial score (nSPS) is 20.6. The minimum absolute atomic E-state index is 0.118. The van der Waals surface area contributed by atoms with Crippen molar-refractivity contribution < 1.29 is 23.8 Å². The molecule has 7 nitrogen and oxygen atoms in total. The molecule has 2 heterocycles. The molecule has 0 bridgehead atoms. The summed E-state index contributed by atoms with van der Waals surface area (Å²) in [5, 5.41) is 2.95. The summed E-state index contributed by atoms with van der Waals surface area (Å²) in [7, 11) is 3.17. The van der Waals surface area contributed by atoms with Crippen molar-refractivity contribution in [2.45, 2.75) is 24.5 Å². The molecule has 0 unspecified atom stereocenters. The molecule has 4 rings (SSSR count). The number of urea groups is 1. The second kappa shape index (κ2) is 7.75. The van der Waals surface area contributed by atoms with Crippen molar-refractivity contribution >= 4 is 11.9 Å². The Bertz CT molecular complexity index is 841. The predicted octanol–water partition coefficient (Wildman–Crippen LogP) is 2.68. The number of ether oxygens (including phenoxy) is 3. The lowest BCUT2D eigenvalue weighted by Crippen LogP contribution is -2.45. The maximum absolute atomic E-state index is 13.7. The van der Waals surface area contributed by atoms with Crippen LogP contribution in [0.25, 0.3) is 0 Å². The van der Waals surface area contributed by atoms with Crippen LogP contribution in [-0.2, 0) is 15.1 Å². The summed E-state index contributed by atoms with van der Waals surface area (Å²) in [6.45, 7) is 0.912. The molecule has 1 atom stereocenters. The number of nitrogens with zero attached hydrogens (tertiary/aromatic N) is 1. The molecule has 2 aliphatic heterocycles. The Morgan fingerprint density at radius 1 is 1.00 bits per heavy atom. The van der Waals surface area contributed by atoms with E-state index in [0.717, 1.165) is 12.8 Å². The van der Waals surface area contributed by atoms with Gasteiger partial charge in [0.05, 0.1) is 26.9 Å². The molecule has 2 aromatic rings. The van der Waals surface area contributed by atoms with E-state index < -0.39 is 11.6 Å². The van der Waals surface area contributed by atoms with Crippen molar-refractivity contribution in [3.05, 3.63) is 59.7 Å². The SMILES string of the molecule is COc1ccc(C2(c3ccc(OC)cc3)NC(=O)N(C[C@H]3CCCO3)C2=O)cc1. The van der Waals surface area contributed by atoms with Crippen molar-refractivity contribution in [2.75, 3.05) is 27.4 Å². The lowest BCUT2D eigenvalue weighted by Gasteiger charge is -2.28. The van der Waals surface area contributed by atoms with Gasteiger partial charge in [-0.1, -0.05) is 24.3 Å². The first-order valence-electron chi connectivity index (χ1n) is 9.63. The average molecular weight is 396 g/mol. The predicted molar refractivity (Wildman–Crippen MR) is 106 cm³/mol. The minimum atomic E-state index is -1.31. The molecule has 1 N–H and O–H groups in total. The molecule has 2 saturated heterocycles. The molecule has 0 aliphatic carbocycles. The molecular formula is C22H24N2O5. The molecule has 29 heavy (non-hydrogen) atoms. The summed E-state index contributed by atoms with van der Waals surface area (Å²) in [6, 6.07) is 13.9. The summed E-state index contributed by atoms with van der Waals surface area (Å²) < 4.78 is 16.1. The van der Waals surface area contributed by atoms with Gasteiger partial charge in [0.25, 0.3) is 5.91 Å². The highest BCUT2D eigenvalue weighted by molar-refractivity contribution is 6.09. The van der Waals surface area contributed by atoms with Gasteiger partial charge in [-0.2, -0.15) is 0 Å². The third-order valence-corrected chi connectivity index (χ3v) is 5.56. The molecule has 0 saturated carbocycles. The van der Waals surface area contributed by atoms with Crippen LogP contribution in [0.2, 0.25) is 0 Å². The van der Waals surface area contributed by atoms with Crippen LogP contribution in [0.4, 0.5) is 4.79 Å². The van der Waals surface area contributed by atoms with E-state index in [-0.39, 0.29) is 18.6 Å². The van der Waals surface area contributed by atoms with Gasteiger partial charge in [0.1, 0.15) is 11.5 Å². The third-order valence-electron chi connectivity index (χ3n) is 5.56. The number of nitrogens with one attached hydrogen (secondary N) is 1. The largest absolute Gasteiger partial charge is 0.497 e. The third kappa shape index (κ3) is 3.31. The highest BCUT2D eigenvalue weighted by atomic mass is 16.5. The van der Waals surface area contributed by atoms with E-state index in [1.54, 1.807) is 62.8 Å². The van der Waals surface area contributed by atoms with Crippen molar-refractivity contribution in [1.82, 2.24) is 10.2 Å². The topological polar surface area (TPSA) is 77.1 Å². The van der Waals surface area contributed by atoms with Crippen LogP contribution in [0.5, 0.6) is 11.5 Å². The first-order chi connectivity index (χ1) is 14.1. The fourth-order valence-corrected chi connectivity index (χ4v) is 3.97. The minimum Gasteiger partial charge on any atom is -0.497 e. The Balaban J connectivity index is 1.77. The zero-order valence-electron chi connectivity index (χ0n) is 16.5. The zero-order valence-corrected chi connectivity index (χ0v) is 16.5. The number of carbonyl (C=O) groups excluding carboxylic acids is 2. The number of hydrogen-bond acceptors (Lipinski definition) is 5. The number of carbonyl (C=O) groups is 2. The van der Waals surface area contributed by atoms with E-state index in [0.29, 0.717) is 29.2 Å². The molecule has 3 amide bonds. The summed E-state index contributed by atoms with van der Waals surface area (Å²) in [5.74, 6) is 1.03. The van der Waals surface area contributed by atoms with Gasteiger partial charge in [-0.05, 0) is 48.2 Å². The van der Waals surface area contributed by atoms with E-state index in [4.69, 9.17) is 14.2 Å². The summed E-state index contributed by atoms with van der Waals surface area (Å²) in [4.78, 5) is 27.8. The number of rotatable bonds is 6. The molecule has 0 spiro atoms. The Hall–Kier alpha value is -3.06. The maximum atomic E-state index is 13.7. The fourth-order valence-electron chi connectivity index (χ4n) is 3.97.